The molecule has 0 bridgehead atoms. The van der Waals surface area contributed by atoms with Gasteiger partial charge in [0.2, 0.25) is 0 Å². The number of aromatic nitrogens is 1. The molecule has 132 valence electrons. The lowest BCUT2D eigenvalue weighted by Crippen LogP contribution is -2.39. The molecule has 2 heterocycles. The number of piperidine rings is 1. The lowest BCUT2D eigenvalue weighted by atomic mass is 10.00. The van der Waals surface area contributed by atoms with Gasteiger partial charge >= 0.3 is 0 Å². The van der Waals surface area contributed by atoms with E-state index in [1.165, 1.54) is 12.0 Å². The van der Waals surface area contributed by atoms with Crippen molar-refractivity contribution in [3.8, 4) is 0 Å². The van der Waals surface area contributed by atoms with E-state index in [1.807, 2.05) is 41.3 Å². The molecule has 2 aromatic rings. The highest BCUT2D eigenvalue weighted by atomic mass is 35.5. The van der Waals surface area contributed by atoms with Gasteiger partial charge in [-0.1, -0.05) is 30.7 Å². The maximum Gasteiger partial charge on any atom is 0.255 e. The maximum absolute atomic E-state index is 12.5. The summed E-state index contributed by atoms with van der Waals surface area (Å²) in [5.41, 5.74) is 1.89. The second kappa shape index (κ2) is 8.34. The minimum atomic E-state index is 0.0896. The van der Waals surface area contributed by atoms with Gasteiger partial charge in [-0.3, -0.25) is 4.79 Å². The number of hydrogen-bond donors (Lipinski definition) is 1. The Morgan fingerprint density at radius 2 is 2.08 bits per heavy atom. The molecule has 4 nitrogen and oxygen atoms in total. The highest BCUT2D eigenvalue weighted by Gasteiger charge is 2.22. The van der Waals surface area contributed by atoms with Gasteiger partial charge in [-0.15, -0.1) is 0 Å². The summed E-state index contributed by atoms with van der Waals surface area (Å²) in [7, 11) is 0. The predicted octanol–water partition coefficient (Wildman–Crippen LogP) is 4.26. The first kappa shape index (κ1) is 17.7. The molecule has 1 aliphatic rings. The van der Waals surface area contributed by atoms with Crippen LogP contribution in [0.1, 0.15) is 35.7 Å². The molecular weight excluding hydrogens is 334 g/mol. The van der Waals surface area contributed by atoms with Crippen LogP contribution in [0.5, 0.6) is 0 Å². The lowest BCUT2D eigenvalue weighted by molar-refractivity contribution is 0.0682. The van der Waals surface area contributed by atoms with Gasteiger partial charge in [0.25, 0.3) is 5.91 Å². The Bertz CT molecular complexity index is 700. The smallest absolute Gasteiger partial charge is 0.255 e. The molecule has 1 saturated heterocycles. The number of rotatable bonds is 5. The average Bonchev–Trinajstić information content (AvgIpc) is 2.63. The molecule has 1 atom stereocenters. The van der Waals surface area contributed by atoms with Crippen molar-refractivity contribution in [1.29, 1.82) is 0 Å². The summed E-state index contributed by atoms with van der Waals surface area (Å²) < 4.78 is 0. The molecule has 25 heavy (non-hydrogen) atoms. The van der Waals surface area contributed by atoms with Crippen molar-refractivity contribution in [2.45, 2.75) is 26.2 Å². The molecule has 5 heteroatoms. The van der Waals surface area contributed by atoms with Crippen molar-refractivity contribution >= 4 is 23.3 Å². The van der Waals surface area contributed by atoms with Gasteiger partial charge in [0, 0.05) is 30.9 Å². The molecule has 1 N–H and O–H groups in total. The second-order valence-electron chi connectivity index (χ2n) is 6.73. The fourth-order valence-corrected chi connectivity index (χ4v) is 3.29. The molecular formula is C20H24ClN3O. The van der Waals surface area contributed by atoms with E-state index in [-0.39, 0.29) is 5.91 Å². The number of pyridine rings is 1. The zero-order valence-electron chi connectivity index (χ0n) is 14.5. The Hall–Kier alpha value is -2.07. The zero-order valence-corrected chi connectivity index (χ0v) is 15.3. The minimum absolute atomic E-state index is 0.0896. The van der Waals surface area contributed by atoms with E-state index in [0.717, 1.165) is 43.3 Å². The Morgan fingerprint density at radius 1 is 1.28 bits per heavy atom. The summed E-state index contributed by atoms with van der Waals surface area (Å²) in [5.74, 6) is 1.46. The van der Waals surface area contributed by atoms with E-state index in [1.54, 1.807) is 6.20 Å². The molecule has 1 aromatic carbocycles. The number of nitrogens with one attached hydrogen (secondary N) is 1. The number of likely N-dealkylation sites (tertiary alicyclic amines) is 1. The largest absolute Gasteiger partial charge is 0.370 e. The van der Waals surface area contributed by atoms with Crippen LogP contribution in [0, 0.1) is 5.92 Å². The minimum Gasteiger partial charge on any atom is -0.370 e. The number of benzene rings is 1. The molecule has 1 aliphatic heterocycles. The van der Waals surface area contributed by atoms with Crippen LogP contribution >= 0.6 is 11.6 Å². The van der Waals surface area contributed by atoms with Crippen LogP contribution in [0.15, 0.2) is 42.6 Å². The van der Waals surface area contributed by atoms with Gasteiger partial charge < -0.3 is 10.2 Å². The molecule has 1 unspecified atom stereocenters. The molecule has 0 saturated carbocycles. The number of anilines is 1. The highest BCUT2D eigenvalue weighted by molar-refractivity contribution is 6.30. The van der Waals surface area contributed by atoms with Gasteiger partial charge in [0.05, 0.1) is 5.56 Å². The van der Waals surface area contributed by atoms with E-state index in [0.29, 0.717) is 11.5 Å². The molecule has 1 amide bonds. The van der Waals surface area contributed by atoms with Gasteiger partial charge in [-0.05, 0) is 55.0 Å². The summed E-state index contributed by atoms with van der Waals surface area (Å²) in [6.45, 7) is 4.68. The van der Waals surface area contributed by atoms with E-state index in [2.05, 4.69) is 17.2 Å². The van der Waals surface area contributed by atoms with Crippen molar-refractivity contribution < 1.29 is 4.79 Å². The first-order valence-electron chi connectivity index (χ1n) is 8.85. The number of carbonyl (C=O) groups excluding carboxylic acids is 1. The van der Waals surface area contributed by atoms with Crippen LogP contribution in [0.2, 0.25) is 5.02 Å². The van der Waals surface area contributed by atoms with Crippen molar-refractivity contribution in [3.05, 3.63) is 58.7 Å². The lowest BCUT2D eigenvalue weighted by Gasteiger charge is -2.30. The summed E-state index contributed by atoms with van der Waals surface area (Å²) in [6.07, 6.45) is 4.86. The van der Waals surface area contributed by atoms with Crippen LogP contribution < -0.4 is 5.32 Å². The number of halogens is 1. The number of amides is 1. The van der Waals surface area contributed by atoms with Crippen LogP contribution in [-0.2, 0) is 6.42 Å². The third-order valence-electron chi connectivity index (χ3n) is 4.59. The molecule has 0 aliphatic carbocycles. The fourth-order valence-electron chi connectivity index (χ4n) is 3.17. The Balaban J connectivity index is 1.51. The van der Waals surface area contributed by atoms with Gasteiger partial charge in [0.15, 0.2) is 0 Å². The quantitative estimate of drug-likeness (QED) is 0.869. The molecule has 1 fully saturated rings. The first-order valence-corrected chi connectivity index (χ1v) is 9.23. The van der Waals surface area contributed by atoms with E-state index < -0.39 is 0 Å². The Morgan fingerprint density at radius 3 is 2.76 bits per heavy atom. The zero-order chi connectivity index (χ0) is 17.6. The van der Waals surface area contributed by atoms with Crippen LogP contribution in [0.3, 0.4) is 0 Å². The Kier molecular flexibility index (Phi) is 5.92. The molecule has 0 radical (unpaired) electrons. The summed E-state index contributed by atoms with van der Waals surface area (Å²) in [5, 5.41) is 4.04. The van der Waals surface area contributed by atoms with E-state index >= 15 is 0 Å². The molecule has 3 rings (SSSR count). The van der Waals surface area contributed by atoms with Crippen molar-refractivity contribution in [2.75, 3.05) is 25.0 Å². The Labute approximate surface area is 154 Å². The fraction of sp³-hybridized carbons (Fsp3) is 0.400. The van der Waals surface area contributed by atoms with Gasteiger partial charge in [-0.2, -0.15) is 0 Å². The topological polar surface area (TPSA) is 45.2 Å². The second-order valence-corrected chi connectivity index (χ2v) is 7.17. The van der Waals surface area contributed by atoms with Crippen molar-refractivity contribution in [1.82, 2.24) is 9.88 Å². The predicted molar refractivity (Wildman–Crippen MR) is 102 cm³/mol. The normalized spacial score (nSPS) is 17.4. The number of hydrogen-bond acceptors (Lipinski definition) is 3. The van der Waals surface area contributed by atoms with Crippen LogP contribution in [0.4, 0.5) is 5.82 Å². The maximum atomic E-state index is 12.5. The van der Waals surface area contributed by atoms with Crippen molar-refractivity contribution in [3.63, 3.8) is 0 Å². The van der Waals surface area contributed by atoms with E-state index in [9.17, 15) is 4.79 Å². The summed E-state index contributed by atoms with van der Waals surface area (Å²) >= 11 is 5.89. The molecule has 0 spiro atoms. The van der Waals surface area contributed by atoms with E-state index in [4.69, 9.17) is 11.6 Å². The summed E-state index contributed by atoms with van der Waals surface area (Å²) in [4.78, 5) is 18.9. The monoisotopic (exact) mass is 357 g/mol. The number of carbonyl (C=O) groups is 1. The summed E-state index contributed by atoms with van der Waals surface area (Å²) in [6, 6.07) is 11.6. The van der Waals surface area contributed by atoms with Crippen molar-refractivity contribution in [2.24, 2.45) is 5.92 Å². The standard InChI is InChI=1S/C20H24ClN3O/c1-15-3-2-12-24(14-15)20(25)17-6-9-19(23-13-17)22-11-10-16-4-7-18(21)8-5-16/h4-9,13,15H,2-3,10-12,14H2,1H3,(H,22,23). The number of nitrogens with zero attached hydrogens (tertiary/aromatic N) is 2. The third kappa shape index (κ3) is 4.95. The van der Waals surface area contributed by atoms with Gasteiger partial charge in [-0.25, -0.2) is 4.98 Å². The average molecular weight is 358 g/mol. The third-order valence-corrected chi connectivity index (χ3v) is 4.84. The SMILES string of the molecule is CC1CCCN(C(=O)c2ccc(NCCc3ccc(Cl)cc3)nc2)C1. The highest BCUT2D eigenvalue weighted by Crippen LogP contribution is 2.18. The van der Waals surface area contributed by atoms with Crippen LogP contribution in [0.25, 0.3) is 0 Å². The molecule has 1 aromatic heterocycles. The van der Waals surface area contributed by atoms with Gasteiger partial charge in [0.1, 0.15) is 5.82 Å². The van der Waals surface area contributed by atoms with Crippen LogP contribution in [-0.4, -0.2) is 35.4 Å². The first-order chi connectivity index (χ1) is 12.1.